The fourth-order valence-corrected chi connectivity index (χ4v) is 5.13. The highest BCUT2D eigenvalue weighted by atomic mass is 16.5. The van der Waals surface area contributed by atoms with Gasteiger partial charge >= 0.3 is 6.03 Å². The Hall–Kier alpha value is -2.77. The molecule has 0 aliphatic carbocycles. The summed E-state index contributed by atoms with van der Waals surface area (Å²) >= 11 is 0. The Bertz CT molecular complexity index is 841. The summed E-state index contributed by atoms with van der Waals surface area (Å²) in [4.78, 5) is 40.5. The Labute approximate surface area is 163 Å². The molecule has 2 bridgehead atoms. The first kappa shape index (κ1) is 17.3. The smallest absolute Gasteiger partial charge is 0.321 e. The van der Waals surface area contributed by atoms with Crippen molar-refractivity contribution in [3.05, 3.63) is 18.2 Å². The lowest BCUT2D eigenvalue weighted by Gasteiger charge is -2.52. The van der Waals surface area contributed by atoms with Crippen LogP contribution in [0.5, 0.6) is 5.75 Å². The Kier molecular flexibility index (Phi) is 4.14. The van der Waals surface area contributed by atoms with Crippen molar-refractivity contribution in [2.75, 3.05) is 36.9 Å². The quantitative estimate of drug-likeness (QED) is 0.774. The van der Waals surface area contributed by atoms with Gasteiger partial charge in [-0.3, -0.25) is 9.59 Å². The Morgan fingerprint density at radius 2 is 2.11 bits per heavy atom. The van der Waals surface area contributed by atoms with Gasteiger partial charge in [0.25, 0.3) is 5.91 Å². The molecule has 4 heterocycles. The van der Waals surface area contributed by atoms with Gasteiger partial charge in [0, 0.05) is 43.9 Å². The van der Waals surface area contributed by atoms with Gasteiger partial charge in [0.2, 0.25) is 5.91 Å². The summed E-state index contributed by atoms with van der Waals surface area (Å²) in [6.45, 7) is 2.12. The monoisotopic (exact) mass is 384 g/mol. The fourth-order valence-electron chi connectivity index (χ4n) is 5.13. The number of hydrogen-bond acceptors (Lipinski definition) is 4. The van der Waals surface area contributed by atoms with E-state index in [2.05, 4.69) is 15.5 Å². The van der Waals surface area contributed by atoms with Crippen LogP contribution in [0.15, 0.2) is 18.2 Å². The van der Waals surface area contributed by atoms with Gasteiger partial charge in [0.1, 0.15) is 5.75 Å². The standard InChI is InChI=1S/C20H24N4O4/c25-18-11-28-17-7-14(4-5-15(17)22-18)21-20(27)23-8-12-6-13(10-23)16-2-1-3-19(26)24(16)9-12/h4-5,7,12-13,16H,1-3,6,8-11H2,(H,21,27)(H,22,25). The maximum atomic E-state index is 12.9. The maximum Gasteiger partial charge on any atom is 0.321 e. The third-order valence-electron chi connectivity index (χ3n) is 6.33. The summed E-state index contributed by atoms with van der Waals surface area (Å²) in [5.74, 6) is 1.38. The first-order chi connectivity index (χ1) is 13.6. The van der Waals surface area contributed by atoms with Crippen LogP contribution >= 0.6 is 0 Å². The minimum atomic E-state index is -0.181. The molecule has 1 aromatic rings. The zero-order chi connectivity index (χ0) is 19.3. The van der Waals surface area contributed by atoms with Crippen molar-refractivity contribution in [3.8, 4) is 5.75 Å². The number of urea groups is 1. The number of anilines is 2. The minimum absolute atomic E-state index is 0.0174. The van der Waals surface area contributed by atoms with Crippen LogP contribution in [0.2, 0.25) is 0 Å². The highest BCUT2D eigenvalue weighted by Crippen LogP contribution is 2.38. The van der Waals surface area contributed by atoms with Crippen LogP contribution in [-0.2, 0) is 9.59 Å². The number of nitrogens with zero attached hydrogens (tertiary/aromatic N) is 2. The molecule has 3 saturated heterocycles. The van der Waals surface area contributed by atoms with Gasteiger partial charge in [-0.25, -0.2) is 4.79 Å². The number of fused-ring (bicyclic) bond motifs is 5. The van der Waals surface area contributed by atoms with E-state index in [1.54, 1.807) is 18.2 Å². The number of likely N-dealkylation sites (tertiary alicyclic amines) is 1. The largest absolute Gasteiger partial charge is 0.482 e. The van der Waals surface area contributed by atoms with E-state index in [9.17, 15) is 14.4 Å². The second-order valence-corrected chi connectivity index (χ2v) is 8.25. The summed E-state index contributed by atoms with van der Waals surface area (Å²) in [7, 11) is 0. The Morgan fingerprint density at radius 3 is 3.00 bits per heavy atom. The molecular weight excluding hydrogens is 360 g/mol. The average molecular weight is 384 g/mol. The summed E-state index contributed by atoms with van der Waals surface area (Å²) in [6, 6.07) is 5.40. The molecule has 0 saturated carbocycles. The van der Waals surface area contributed by atoms with Gasteiger partial charge in [-0.1, -0.05) is 0 Å². The number of carbonyl (C=O) groups is 3. The molecule has 0 aromatic heterocycles. The lowest BCUT2D eigenvalue weighted by atomic mass is 9.76. The van der Waals surface area contributed by atoms with Crippen molar-refractivity contribution in [2.45, 2.75) is 31.7 Å². The predicted octanol–water partition coefficient (Wildman–Crippen LogP) is 1.88. The number of ether oxygens (including phenoxy) is 1. The van der Waals surface area contributed by atoms with Crippen molar-refractivity contribution >= 4 is 29.2 Å². The third kappa shape index (κ3) is 3.06. The lowest BCUT2D eigenvalue weighted by molar-refractivity contribution is -0.144. The highest BCUT2D eigenvalue weighted by molar-refractivity contribution is 5.96. The molecule has 8 heteroatoms. The second kappa shape index (κ2) is 6.68. The predicted molar refractivity (Wildman–Crippen MR) is 102 cm³/mol. The van der Waals surface area contributed by atoms with Crippen molar-refractivity contribution in [3.63, 3.8) is 0 Å². The van der Waals surface area contributed by atoms with E-state index in [0.717, 1.165) is 25.8 Å². The van der Waals surface area contributed by atoms with Crippen molar-refractivity contribution < 1.29 is 19.1 Å². The molecule has 1 aromatic carbocycles. The molecule has 8 nitrogen and oxygen atoms in total. The van der Waals surface area contributed by atoms with Crippen LogP contribution in [-0.4, -0.2) is 59.9 Å². The Balaban J connectivity index is 1.27. The summed E-state index contributed by atoms with van der Waals surface area (Å²) in [5.41, 5.74) is 1.26. The lowest BCUT2D eigenvalue weighted by Crippen LogP contribution is -2.61. The average Bonchev–Trinajstić information content (AvgIpc) is 2.69. The van der Waals surface area contributed by atoms with E-state index in [1.165, 1.54) is 0 Å². The minimum Gasteiger partial charge on any atom is -0.482 e. The molecule has 148 valence electrons. The van der Waals surface area contributed by atoms with Crippen LogP contribution in [0, 0.1) is 11.8 Å². The highest BCUT2D eigenvalue weighted by Gasteiger charge is 2.44. The molecule has 3 atom stereocenters. The van der Waals surface area contributed by atoms with E-state index in [0.29, 0.717) is 48.5 Å². The van der Waals surface area contributed by atoms with E-state index in [1.807, 2.05) is 4.90 Å². The Morgan fingerprint density at radius 1 is 1.21 bits per heavy atom. The van der Waals surface area contributed by atoms with Gasteiger partial charge in [-0.2, -0.15) is 0 Å². The van der Waals surface area contributed by atoms with Gasteiger partial charge in [-0.15, -0.1) is 0 Å². The summed E-state index contributed by atoms with van der Waals surface area (Å²) in [5, 5.41) is 5.70. The van der Waals surface area contributed by atoms with Crippen molar-refractivity contribution in [2.24, 2.45) is 11.8 Å². The zero-order valence-electron chi connectivity index (χ0n) is 15.6. The SMILES string of the molecule is O=C1COc2cc(NC(=O)N3CC4CC(C3)C3CCCC(=O)N3C4)ccc2N1. The molecule has 0 spiro atoms. The van der Waals surface area contributed by atoms with Crippen LogP contribution in [0.3, 0.4) is 0 Å². The molecule has 3 fully saturated rings. The van der Waals surface area contributed by atoms with Gasteiger partial charge in [0.05, 0.1) is 5.69 Å². The van der Waals surface area contributed by atoms with Gasteiger partial charge in [0.15, 0.2) is 6.61 Å². The van der Waals surface area contributed by atoms with Crippen LogP contribution < -0.4 is 15.4 Å². The van der Waals surface area contributed by atoms with E-state index >= 15 is 0 Å². The van der Waals surface area contributed by atoms with Crippen LogP contribution in [0.1, 0.15) is 25.7 Å². The van der Waals surface area contributed by atoms with Crippen molar-refractivity contribution in [1.29, 1.82) is 0 Å². The van der Waals surface area contributed by atoms with Crippen LogP contribution in [0.25, 0.3) is 0 Å². The molecule has 28 heavy (non-hydrogen) atoms. The second-order valence-electron chi connectivity index (χ2n) is 8.25. The summed E-state index contributed by atoms with van der Waals surface area (Å²) < 4.78 is 5.42. The number of benzene rings is 1. The number of piperidine rings is 3. The molecular formula is C20H24N4O4. The molecule has 2 N–H and O–H groups in total. The molecule has 0 radical (unpaired) electrons. The van der Waals surface area contributed by atoms with E-state index < -0.39 is 0 Å². The van der Waals surface area contributed by atoms with Gasteiger partial charge < -0.3 is 25.2 Å². The van der Waals surface area contributed by atoms with E-state index in [-0.39, 0.29) is 30.5 Å². The normalized spacial score (nSPS) is 28.6. The number of carbonyl (C=O) groups excluding carboxylic acids is 3. The number of amides is 4. The van der Waals surface area contributed by atoms with Crippen LogP contribution in [0.4, 0.5) is 16.2 Å². The number of rotatable bonds is 1. The zero-order valence-corrected chi connectivity index (χ0v) is 15.6. The number of hydrogen-bond donors (Lipinski definition) is 2. The summed E-state index contributed by atoms with van der Waals surface area (Å²) in [6.07, 6.45) is 3.77. The topological polar surface area (TPSA) is 91.0 Å². The number of nitrogens with one attached hydrogen (secondary N) is 2. The molecule has 4 aliphatic rings. The van der Waals surface area contributed by atoms with E-state index in [4.69, 9.17) is 4.74 Å². The molecule has 4 amide bonds. The van der Waals surface area contributed by atoms with Crippen molar-refractivity contribution in [1.82, 2.24) is 9.80 Å². The molecule has 3 unspecified atom stereocenters. The van der Waals surface area contributed by atoms with Gasteiger partial charge in [-0.05, 0) is 43.2 Å². The third-order valence-corrected chi connectivity index (χ3v) is 6.33. The maximum absolute atomic E-state index is 12.9. The fraction of sp³-hybridized carbons (Fsp3) is 0.550. The molecule has 4 aliphatic heterocycles. The first-order valence-corrected chi connectivity index (χ1v) is 9.99. The molecule has 5 rings (SSSR count). The first-order valence-electron chi connectivity index (χ1n) is 9.99.